The van der Waals surface area contributed by atoms with Crippen LogP contribution in [-0.2, 0) is 10.0 Å². The van der Waals surface area contributed by atoms with Crippen molar-refractivity contribution in [2.24, 2.45) is 5.92 Å². The second kappa shape index (κ2) is 8.88. The van der Waals surface area contributed by atoms with E-state index in [1.165, 1.54) is 30.3 Å². The lowest BCUT2D eigenvalue weighted by Gasteiger charge is -2.36. The quantitative estimate of drug-likeness (QED) is 0.547. The highest BCUT2D eigenvalue weighted by atomic mass is 32.2. The number of amides is 1. The van der Waals surface area contributed by atoms with E-state index in [9.17, 15) is 22.0 Å². The molecule has 0 bridgehead atoms. The normalized spacial score (nSPS) is 17.4. The summed E-state index contributed by atoms with van der Waals surface area (Å²) in [6, 6.07) is 9.92. The Balaban J connectivity index is 1.79. The van der Waals surface area contributed by atoms with Gasteiger partial charge < -0.3 is 10.6 Å². The van der Waals surface area contributed by atoms with Crippen LogP contribution in [0.15, 0.2) is 53.6 Å². The van der Waals surface area contributed by atoms with Crippen LogP contribution in [0.1, 0.15) is 37.6 Å². The van der Waals surface area contributed by atoms with Crippen molar-refractivity contribution in [3.05, 3.63) is 65.7 Å². The van der Waals surface area contributed by atoms with Gasteiger partial charge in [-0.3, -0.25) is 4.79 Å². The number of nitrogen functional groups attached to an aromatic ring is 1. The first-order valence-corrected chi connectivity index (χ1v) is 12.4. The summed E-state index contributed by atoms with van der Waals surface area (Å²) in [7, 11) is -4.32. The molecule has 0 radical (unpaired) electrons. The molecule has 2 aromatic heterocycles. The number of rotatable bonds is 5. The molecule has 0 spiro atoms. The Morgan fingerprint density at radius 2 is 1.80 bits per heavy atom. The molecule has 184 valence electrons. The van der Waals surface area contributed by atoms with Crippen LogP contribution in [0, 0.1) is 17.6 Å². The molecule has 11 heteroatoms. The maximum absolute atomic E-state index is 13.8. The molecule has 1 aliphatic heterocycles. The molecule has 3 aromatic rings. The molecule has 3 heterocycles. The third-order valence-corrected chi connectivity index (χ3v) is 7.70. The van der Waals surface area contributed by atoms with Gasteiger partial charge in [-0.2, -0.15) is 8.42 Å². The number of hydrogen-bond donors (Lipinski definition) is 2. The topological polar surface area (TPSA) is 118 Å². The van der Waals surface area contributed by atoms with Gasteiger partial charge in [0.05, 0.1) is 11.3 Å². The summed E-state index contributed by atoms with van der Waals surface area (Å²) in [5, 5.41) is -0.401. The summed E-state index contributed by atoms with van der Waals surface area (Å²) in [5.74, 6) is -1.99. The smallest absolute Gasteiger partial charge is 0.281 e. The van der Waals surface area contributed by atoms with E-state index in [2.05, 4.69) is 16.9 Å². The van der Waals surface area contributed by atoms with Crippen LogP contribution in [0.25, 0.3) is 11.3 Å². The average molecular weight is 502 g/mol. The molecule has 1 unspecified atom stereocenters. The Hall–Kier alpha value is -3.60. The maximum Gasteiger partial charge on any atom is 0.281 e. The highest BCUT2D eigenvalue weighted by Gasteiger charge is 2.41. The van der Waals surface area contributed by atoms with Crippen molar-refractivity contribution < 1.29 is 22.0 Å². The number of nitrogens with two attached hydrogens (primary N) is 1. The number of carbonyl (C=O) groups is 1. The molecule has 4 rings (SSSR count). The molecule has 1 aromatic carbocycles. The van der Waals surface area contributed by atoms with E-state index >= 15 is 0 Å². The fourth-order valence-corrected chi connectivity index (χ4v) is 5.05. The summed E-state index contributed by atoms with van der Waals surface area (Å²) >= 11 is 0. The zero-order valence-electron chi connectivity index (χ0n) is 19.4. The van der Waals surface area contributed by atoms with E-state index in [-0.39, 0.29) is 34.4 Å². The number of hydrogen-bond acceptors (Lipinski definition) is 7. The van der Waals surface area contributed by atoms with E-state index in [4.69, 9.17) is 5.73 Å². The van der Waals surface area contributed by atoms with E-state index in [1.54, 1.807) is 0 Å². The van der Waals surface area contributed by atoms with Crippen molar-refractivity contribution in [1.82, 2.24) is 14.7 Å². The molecule has 1 fully saturated rings. The standard InChI is InChI=1S/C24H25F2N5O3S/c1-14-9-10-31(24(14,2)3)22-18(7-8-19(28-22)15-11-16(25)13-17(26)12-15)23(32)30-35(33,34)21-6-4-5-20(27)29-21/h4-8,11-14H,9-10H2,1-3H3,(H2,27,29)(H,30,32). The zero-order valence-corrected chi connectivity index (χ0v) is 20.2. The second-order valence-corrected chi connectivity index (χ2v) is 10.7. The van der Waals surface area contributed by atoms with Crippen LogP contribution in [0.4, 0.5) is 20.4 Å². The third-order valence-electron chi connectivity index (χ3n) is 6.47. The number of nitrogens with one attached hydrogen (secondary N) is 1. The molecule has 0 saturated carbocycles. The summed E-state index contributed by atoms with van der Waals surface area (Å²) in [4.78, 5) is 23.5. The second-order valence-electron chi connectivity index (χ2n) is 9.06. The van der Waals surface area contributed by atoms with Gasteiger partial charge in [-0.1, -0.05) is 13.0 Å². The number of pyridine rings is 2. The molecule has 1 amide bonds. The number of halogens is 2. The van der Waals surface area contributed by atoms with Gasteiger partial charge in [0.15, 0.2) is 5.03 Å². The van der Waals surface area contributed by atoms with Gasteiger partial charge >= 0.3 is 0 Å². The van der Waals surface area contributed by atoms with E-state index in [0.717, 1.165) is 24.6 Å². The van der Waals surface area contributed by atoms with Crippen molar-refractivity contribution in [3.63, 3.8) is 0 Å². The van der Waals surface area contributed by atoms with E-state index in [1.807, 2.05) is 23.5 Å². The van der Waals surface area contributed by atoms with Crippen LogP contribution in [0.2, 0.25) is 0 Å². The van der Waals surface area contributed by atoms with Gasteiger partial charge in [-0.25, -0.2) is 23.5 Å². The first kappa shape index (κ1) is 24.5. The summed E-state index contributed by atoms with van der Waals surface area (Å²) < 4.78 is 55.3. The van der Waals surface area contributed by atoms with E-state index in [0.29, 0.717) is 6.54 Å². The maximum atomic E-state index is 13.8. The monoisotopic (exact) mass is 501 g/mol. The largest absolute Gasteiger partial charge is 0.384 e. The predicted octanol–water partition coefficient (Wildman–Crippen LogP) is 3.75. The van der Waals surface area contributed by atoms with Gasteiger partial charge in [0.1, 0.15) is 23.3 Å². The third kappa shape index (κ3) is 4.81. The van der Waals surface area contributed by atoms with Crippen LogP contribution in [0.5, 0.6) is 0 Å². The average Bonchev–Trinajstić information content (AvgIpc) is 3.04. The number of nitrogens with zero attached hydrogens (tertiary/aromatic N) is 3. The lowest BCUT2D eigenvalue weighted by atomic mass is 9.90. The minimum Gasteiger partial charge on any atom is -0.384 e. The number of anilines is 2. The van der Waals surface area contributed by atoms with Crippen molar-refractivity contribution in [2.45, 2.75) is 37.8 Å². The zero-order chi connectivity index (χ0) is 25.5. The minimum absolute atomic E-state index is 0.000257. The Kier molecular flexibility index (Phi) is 6.22. The first-order chi connectivity index (χ1) is 16.4. The fraction of sp³-hybridized carbons (Fsp3) is 0.292. The lowest BCUT2D eigenvalue weighted by Crippen LogP contribution is -2.43. The highest BCUT2D eigenvalue weighted by Crippen LogP contribution is 2.39. The van der Waals surface area contributed by atoms with Crippen LogP contribution in [-0.4, -0.2) is 36.4 Å². The molecule has 1 aliphatic rings. The Morgan fingerprint density at radius 1 is 1.11 bits per heavy atom. The molecule has 35 heavy (non-hydrogen) atoms. The molecule has 1 atom stereocenters. The molecule has 3 N–H and O–H groups in total. The van der Waals surface area contributed by atoms with Crippen molar-refractivity contribution in [2.75, 3.05) is 17.2 Å². The Labute approximate surface area is 202 Å². The SMILES string of the molecule is CC1CCN(c2nc(-c3cc(F)cc(F)c3)ccc2C(=O)NS(=O)(=O)c2cccc(N)n2)C1(C)C. The van der Waals surface area contributed by atoms with E-state index < -0.39 is 38.1 Å². The van der Waals surface area contributed by atoms with Crippen molar-refractivity contribution >= 4 is 27.6 Å². The van der Waals surface area contributed by atoms with Gasteiger partial charge in [-0.15, -0.1) is 0 Å². The van der Waals surface area contributed by atoms with Crippen molar-refractivity contribution in [3.8, 4) is 11.3 Å². The number of benzene rings is 1. The van der Waals surface area contributed by atoms with Gasteiger partial charge in [0.2, 0.25) is 0 Å². The Morgan fingerprint density at radius 3 is 2.40 bits per heavy atom. The molecule has 8 nitrogen and oxygen atoms in total. The number of carbonyl (C=O) groups excluding carboxylic acids is 1. The highest BCUT2D eigenvalue weighted by molar-refractivity contribution is 7.90. The molecule has 1 saturated heterocycles. The summed E-state index contributed by atoms with van der Waals surface area (Å²) in [6.07, 6.45) is 0.820. The van der Waals surface area contributed by atoms with Crippen LogP contribution in [0.3, 0.4) is 0 Å². The van der Waals surface area contributed by atoms with Gasteiger partial charge in [0.25, 0.3) is 15.9 Å². The van der Waals surface area contributed by atoms with Crippen LogP contribution >= 0.6 is 0 Å². The lowest BCUT2D eigenvalue weighted by molar-refractivity contribution is 0.0981. The molecular weight excluding hydrogens is 476 g/mol. The summed E-state index contributed by atoms with van der Waals surface area (Å²) in [6.45, 7) is 6.62. The minimum atomic E-state index is -4.32. The van der Waals surface area contributed by atoms with Crippen molar-refractivity contribution in [1.29, 1.82) is 0 Å². The molecular formula is C24H25F2N5O3S. The number of sulfonamides is 1. The molecule has 0 aliphatic carbocycles. The first-order valence-electron chi connectivity index (χ1n) is 10.9. The van der Waals surface area contributed by atoms with Gasteiger partial charge in [-0.05, 0) is 62.6 Å². The Bertz CT molecular complexity index is 1390. The summed E-state index contributed by atoms with van der Waals surface area (Å²) in [5.41, 5.74) is 5.60. The fourth-order valence-electron chi connectivity index (χ4n) is 4.11. The predicted molar refractivity (Wildman–Crippen MR) is 128 cm³/mol. The van der Waals surface area contributed by atoms with Gasteiger partial charge in [0, 0.05) is 23.7 Å². The number of aromatic nitrogens is 2. The van der Waals surface area contributed by atoms with Crippen LogP contribution < -0.4 is 15.4 Å².